The molecule has 2 atom stereocenters. The average Bonchev–Trinajstić information content (AvgIpc) is 3.12. The van der Waals surface area contributed by atoms with Gasteiger partial charge in [-0.25, -0.2) is 9.59 Å². The number of non-ortho nitro benzene ring substituents is 1. The fraction of sp³-hybridized carbons (Fsp3) is 0.500. The number of carbonyl (C=O) groups excluding carboxylic acids is 5. The second-order valence-electron chi connectivity index (χ2n) is 11.7. The monoisotopic (exact) mass is 747 g/mol. The van der Waals surface area contributed by atoms with Gasteiger partial charge in [-0.3, -0.25) is 24.5 Å². The molecule has 8 N–H and O–H groups in total. The van der Waals surface area contributed by atoms with Crippen molar-refractivity contribution in [1.29, 1.82) is 0 Å². The first-order valence-corrected chi connectivity index (χ1v) is 16.9. The quantitative estimate of drug-likeness (QED) is 0.0278. The van der Waals surface area contributed by atoms with Crippen LogP contribution in [0.3, 0.4) is 0 Å². The predicted molar refractivity (Wildman–Crippen MR) is 191 cm³/mol. The average molecular weight is 748 g/mol. The Kier molecular flexibility index (Phi) is 20.5. The number of nitrogens with one attached hydrogen (secondary N) is 4. The Balaban J connectivity index is 1.90. The van der Waals surface area contributed by atoms with E-state index in [0.717, 1.165) is 0 Å². The van der Waals surface area contributed by atoms with Crippen molar-refractivity contribution in [2.24, 2.45) is 17.4 Å². The number of carbonyl (C=O) groups is 5. The van der Waals surface area contributed by atoms with Crippen LogP contribution >= 0.6 is 0 Å². The van der Waals surface area contributed by atoms with Gasteiger partial charge in [0.1, 0.15) is 24.4 Å². The molecule has 0 heterocycles. The lowest BCUT2D eigenvalue weighted by molar-refractivity contribution is -0.384. The Morgan fingerprint density at radius 2 is 1.45 bits per heavy atom. The van der Waals surface area contributed by atoms with Crippen LogP contribution in [0, 0.1) is 16.0 Å². The van der Waals surface area contributed by atoms with Crippen LogP contribution in [0.15, 0.2) is 48.5 Å². The van der Waals surface area contributed by atoms with Crippen LogP contribution in [0.5, 0.6) is 5.75 Å². The van der Waals surface area contributed by atoms with Crippen molar-refractivity contribution in [3.8, 4) is 5.75 Å². The van der Waals surface area contributed by atoms with Crippen molar-refractivity contribution in [3.63, 3.8) is 0 Å². The number of ether oxygens (including phenoxy) is 5. The summed E-state index contributed by atoms with van der Waals surface area (Å²) in [6.07, 6.45) is -0.587. The van der Waals surface area contributed by atoms with Gasteiger partial charge in [0, 0.05) is 37.3 Å². The first kappa shape index (κ1) is 43.8. The molecule has 0 bridgehead atoms. The van der Waals surface area contributed by atoms with Gasteiger partial charge in [-0.15, -0.1) is 0 Å². The summed E-state index contributed by atoms with van der Waals surface area (Å²) in [4.78, 5) is 72.7. The molecule has 0 aliphatic carbocycles. The van der Waals surface area contributed by atoms with Crippen LogP contribution in [0.1, 0.15) is 38.7 Å². The summed E-state index contributed by atoms with van der Waals surface area (Å²) in [6, 6.07) is 8.50. The molecule has 2 aromatic carbocycles. The van der Waals surface area contributed by atoms with E-state index in [-0.39, 0.29) is 56.6 Å². The van der Waals surface area contributed by atoms with E-state index in [1.807, 2.05) is 0 Å². The van der Waals surface area contributed by atoms with Crippen LogP contribution in [0.4, 0.5) is 21.0 Å². The number of nitrogens with two attached hydrogens (primary N) is 2. The maximum atomic E-state index is 13.4. The molecule has 0 aliphatic heterocycles. The van der Waals surface area contributed by atoms with Gasteiger partial charge in [0.2, 0.25) is 17.7 Å². The molecule has 2 aromatic rings. The summed E-state index contributed by atoms with van der Waals surface area (Å²) >= 11 is 0. The predicted octanol–water partition coefficient (Wildman–Crippen LogP) is 1.72. The second-order valence-corrected chi connectivity index (χ2v) is 11.7. The minimum Gasteiger partial charge on any atom is -0.429 e. The third-order valence-electron chi connectivity index (χ3n) is 7.17. The molecule has 0 spiro atoms. The number of amides is 5. The zero-order valence-corrected chi connectivity index (χ0v) is 29.8. The number of urea groups is 1. The molecule has 53 heavy (non-hydrogen) atoms. The van der Waals surface area contributed by atoms with Crippen LogP contribution in [-0.2, 0) is 39.9 Å². The van der Waals surface area contributed by atoms with Crippen LogP contribution in [-0.4, -0.2) is 99.6 Å². The zero-order chi connectivity index (χ0) is 39.0. The first-order chi connectivity index (χ1) is 25.4. The molecule has 0 unspecified atom stereocenters. The number of benzene rings is 2. The highest BCUT2D eigenvalue weighted by molar-refractivity contribution is 5.98. The minimum atomic E-state index is -1.04. The SMILES string of the molecule is CC(C)[C@H](NC(=O)CCOCCOCCOCCN)C(=O)N[C@@H](CCCNC(N)=O)C(=O)Nc1ccc(COC(=O)Oc2ccc([N+](=O)[O-])cc2)cc1. The fourth-order valence-corrected chi connectivity index (χ4v) is 4.44. The molecular weight excluding hydrogens is 698 g/mol. The molecule has 0 radical (unpaired) electrons. The number of primary amides is 1. The molecule has 19 nitrogen and oxygen atoms in total. The van der Waals surface area contributed by atoms with Crippen molar-refractivity contribution in [1.82, 2.24) is 16.0 Å². The topological polar surface area (TPSA) is 275 Å². The number of anilines is 1. The molecule has 2 rings (SSSR count). The molecule has 0 aromatic heterocycles. The smallest absolute Gasteiger partial charge is 0.429 e. The van der Waals surface area contributed by atoms with Gasteiger partial charge in [-0.05, 0) is 48.6 Å². The molecule has 0 aliphatic rings. The Morgan fingerprint density at radius 1 is 0.830 bits per heavy atom. The number of nitro benzene ring substituents is 1. The van der Waals surface area contributed by atoms with Gasteiger partial charge in [-0.2, -0.15) is 0 Å². The highest BCUT2D eigenvalue weighted by Crippen LogP contribution is 2.18. The summed E-state index contributed by atoms with van der Waals surface area (Å²) < 4.78 is 26.1. The Labute approximate surface area is 306 Å². The standard InChI is InChI=1S/C34H49N7O12/c1-23(2)30(40-29(42)13-16-49-18-20-51-21-19-50-17-14-35)32(44)39-28(4-3-15-37-33(36)45)31(43)38-25-7-5-24(6-8-25)22-52-34(46)53-27-11-9-26(10-12-27)41(47)48/h5-12,23,28,30H,3-4,13-22,35H2,1-2H3,(H,38,43)(H,39,44)(H,40,42)(H3,36,37,45)/t28-,30-/m0/s1. The normalized spacial score (nSPS) is 11.9. The highest BCUT2D eigenvalue weighted by atomic mass is 16.7. The summed E-state index contributed by atoms with van der Waals surface area (Å²) in [5, 5.41) is 21.4. The number of nitrogens with zero attached hydrogens (tertiary/aromatic N) is 1. The molecule has 292 valence electrons. The summed E-state index contributed by atoms with van der Waals surface area (Å²) in [5.41, 5.74) is 11.3. The van der Waals surface area contributed by atoms with Gasteiger partial charge in [0.15, 0.2) is 0 Å². The molecule has 0 saturated heterocycles. The molecular formula is C34H49N7O12. The number of rotatable bonds is 25. The molecule has 0 saturated carbocycles. The third-order valence-corrected chi connectivity index (χ3v) is 7.17. The van der Waals surface area contributed by atoms with Crippen molar-refractivity contribution in [2.45, 2.75) is 51.8 Å². The number of hydrogen-bond acceptors (Lipinski definition) is 13. The summed E-state index contributed by atoms with van der Waals surface area (Å²) in [6.45, 7) is 5.92. The van der Waals surface area contributed by atoms with E-state index < -0.39 is 46.9 Å². The van der Waals surface area contributed by atoms with E-state index in [0.29, 0.717) is 50.6 Å². The van der Waals surface area contributed by atoms with Crippen LogP contribution in [0.25, 0.3) is 0 Å². The van der Waals surface area contributed by atoms with E-state index in [2.05, 4.69) is 21.3 Å². The summed E-state index contributed by atoms with van der Waals surface area (Å²) in [7, 11) is 0. The highest BCUT2D eigenvalue weighted by Gasteiger charge is 2.29. The van der Waals surface area contributed by atoms with E-state index in [1.165, 1.54) is 24.3 Å². The van der Waals surface area contributed by atoms with E-state index in [9.17, 15) is 34.1 Å². The lowest BCUT2D eigenvalue weighted by atomic mass is 10.0. The molecule has 0 fully saturated rings. The van der Waals surface area contributed by atoms with Crippen LogP contribution < -0.4 is 37.5 Å². The second kappa shape index (κ2) is 24.8. The van der Waals surface area contributed by atoms with Crippen LogP contribution in [0.2, 0.25) is 0 Å². The Hall–Kier alpha value is -5.37. The number of nitro groups is 1. The maximum absolute atomic E-state index is 13.4. The van der Waals surface area contributed by atoms with E-state index in [1.54, 1.807) is 38.1 Å². The van der Waals surface area contributed by atoms with Gasteiger partial charge >= 0.3 is 12.2 Å². The fourth-order valence-electron chi connectivity index (χ4n) is 4.44. The van der Waals surface area contributed by atoms with Gasteiger partial charge in [0.25, 0.3) is 5.69 Å². The minimum absolute atomic E-state index is 0.000813. The largest absolute Gasteiger partial charge is 0.514 e. The lowest BCUT2D eigenvalue weighted by Gasteiger charge is -2.25. The lowest BCUT2D eigenvalue weighted by Crippen LogP contribution is -2.54. The Morgan fingerprint density at radius 3 is 2.04 bits per heavy atom. The first-order valence-electron chi connectivity index (χ1n) is 16.9. The Bertz CT molecular complexity index is 1460. The van der Waals surface area contributed by atoms with Gasteiger partial charge in [-0.1, -0.05) is 26.0 Å². The van der Waals surface area contributed by atoms with Crippen molar-refractivity contribution >= 4 is 41.3 Å². The van der Waals surface area contributed by atoms with Crippen molar-refractivity contribution < 1.29 is 52.6 Å². The molecule has 5 amide bonds. The van der Waals surface area contributed by atoms with E-state index >= 15 is 0 Å². The van der Waals surface area contributed by atoms with E-state index in [4.69, 9.17) is 35.2 Å². The number of hydrogen-bond donors (Lipinski definition) is 6. The molecule has 19 heteroatoms. The summed E-state index contributed by atoms with van der Waals surface area (Å²) in [5.74, 6) is -1.79. The third kappa shape index (κ3) is 18.6. The van der Waals surface area contributed by atoms with Gasteiger partial charge < -0.3 is 56.4 Å². The maximum Gasteiger partial charge on any atom is 0.514 e. The zero-order valence-electron chi connectivity index (χ0n) is 29.8. The van der Waals surface area contributed by atoms with Gasteiger partial charge in [0.05, 0.1) is 44.6 Å². The van der Waals surface area contributed by atoms with Crippen molar-refractivity contribution in [2.75, 3.05) is 58.0 Å². The van der Waals surface area contributed by atoms with Crippen molar-refractivity contribution in [3.05, 3.63) is 64.2 Å².